The highest BCUT2D eigenvalue weighted by atomic mass is 16.2. The van der Waals surface area contributed by atoms with Crippen LogP contribution in [0.4, 0.5) is 11.4 Å². The highest BCUT2D eigenvalue weighted by Crippen LogP contribution is 2.22. The number of hydrogen-bond acceptors (Lipinski definition) is 4. The highest BCUT2D eigenvalue weighted by molar-refractivity contribution is 5.95. The Balaban J connectivity index is 1.40. The quantitative estimate of drug-likeness (QED) is 0.816. The molecule has 2 fully saturated rings. The topological polar surface area (TPSA) is 39.7 Å². The summed E-state index contributed by atoms with van der Waals surface area (Å²) in [6, 6.07) is 10.6. The first kappa shape index (κ1) is 18.8. The fraction of sp³-hybridized carbons (Fsp3) is 0.478. The average Bonchev–Trinajstić information content (AvgIpc) is 3.03. The van der Waals surface area contributed by atoms with E-state index in [1.807, 2.05) is 17.2 Å². The lowest BCUT2D eigenvalue weighted by molar-refractivity contribution is 0.0746. The average molecular weight is 379 g/mol. The molecule has 0 aliphatic carbocycles. The summed E-state index contributed by atoms with van der Waals surface area (Å²) in [6.07, 6.45) is 8.66. The Morgan fingerprint density at radius 3 is 2.25 bits per heavy atom. The summed E-state index contributed by atoms with van der Waals surface area (Å²) in [6.45, 7) is 7.49. The lowest BCUT2D eigenvalue weighted by Crippen LogP contribution is -2.48. The van der Waals surface area contributed by atoms with Gasteiger partial charge in [0.2, 0.25) is 0 Å². The summed E-state index contributed by atoms with van der Waals surface area (Å²) < 4.78 is 0. The van der Waals surface area contributed by atoms with Gasteiger partial charge in [0.1, 0.15) is 0 Å². The number of benzene rings is 1. The van der Waals surface area contributed by atoms with Crippen molar-refractivity contribution in [2.75, 3.05) is 49.1 Å². The monoisotopic (exact) mass is 378 g/mol. The molecule has 0 atom stereocenters. The van der Waals surface area contributed by atoms with Crippen molar-refractivity contribution in [3.05, 3.63) is 53.9 Å². The van der Waals surface area contributed by atoms with Gasteiger partial charge in [-0.3, -0.25) is 9.78 Å². The zero-order valence-corrected chi connectivity index (χ0v) is 16.8. The van der Waals surface area contributed by atoms with Gasteiger partial charge in [0.15, 0.2) is 0 Å². The van der Waals surface area contributed by atoms with E-state index in [0.29, 0.717) is 5.56 Å². The molecule has 0 N–H and O–H groups in total. The molecule has 3 heterocycles. The smallest absolute Gasteiger partial charge is 0.255 e. The highest BCUT2D eigenvalue weighted by Gasteiger charge is 2.23. The summed E-state index contributed by atoms with van der Waals surface area (Å²) in [5.74, 6) is 0.105. The first-order valence-corrected chi connectivity index (χ1v) is 10.5. The number of aromatic nitrogens is 1. The van der Waals surface area contributed by atoms with Crippen molar-refractivity contribution in [3.63, 3.8) is 0 Å². The molecule has 148 valence electrons. The maximum atomic E-state index is 13.0. The molecule has 2 aliphatic rings. The van der Waals surface area contributed by atoms with Crippen molar-refractivity contribution in [1.29, 1.82) is 0 Å². The number of carbonyl (C=O) groups excluding carboxylic acids is 1. The number of pyridine rings is 1. The maximum Gasteiger partial charge on any atom is 0.255 e. The number of anilines is 2. The minimum absolute atomic E-state index is 0.105. The number of nitrogens with zero attached hydrogens (tertiary/aromatic N) is 4. The largest absolute Gasteiger partial charge is 0.370 e. The zero-order chi connectivity index (χ0) is 19.3. The van der Waals surface area contributed by atoms with Gasteiger partial charge in [-0.1, -0.05) is 25.0 Å². The van der Waals surface area contributed by atoms with E-state index in [4.69, 9.17) is 0 Å². The minimum atomic E-state index is 0.105. The van der Waals surface area contributed by atoms with Gasteiger partial charge in [-0.25, -0.2) is 0 Å². The van der Waals surface area contributed by atoms with Crippen LogP contribution in [0.1, 0.15) is 41.6 Å². The van der Waals surface area contributed by atoms with E-state index < -0.39 is 0 Å². The number of hydrogen-bond donors (Lipinski definition) is 0. The molecule has 1 aromatic heterocycles. The second kappa shape index (κ2) is 8.63. The molecule has 0 bridgehead atoms. The summed E-state index contributed by atoms with van der Waals surface area (Å²) in [5.41, 5.74) is 4.32. The van der Waals surface area contributed by atoms with Crippen molar-refractivity contribution in [2.45, 2.75) is 32.6 Å². The normalized spacial score (nSPS) is 18.1. The Hall–Kier alpha value is -2.56. The van der Waals surface area contributed by atoms with Gasteiger partial charge in [0.25, 0.3) is 5.91 Å². The molecule has 0 unspecified atom stereocenters. The van der Waals surface area contributed by atoms with Crippen LogP contribution in [-0.2, 0) is 0 Å². The van der Waals surface area contributed by atoms with Crippen LogP contribution in [0.2, 0.25) is 0 Å². The van der Waals surface area contributed by atoms with Gasteiger partial charge < -0.3 is 14.7 Å². The molecule has 5 heteroatoms. The molecule has 28 heavy (non-hydrogen) atoms. The number of aryl methyl sites for hydroxylation is 1. The number of amides is 1. The summed E-state index contributed by atoms with van der Waals surface area (Å²) in [7, 11) is 0. The van der Waals surface area contributed by atoms with Crippen molar-refractivity contribution < 1.29 is 4.79 Å². The molecular weight excluding hydrogens is 348 g/mol. The van der Waals surface area contributed by atoms with E-state index >= 15 is 0 Å². The van der Waals surface area contributed by atoms with Crippen LogP contribution >= 0.6 is 0 Å². The predicted molar refractivity (Wildman–Crippen MR) is 114 cm³/mol. The summed E-state index contributed by atoms with van der Waals surface area (Å²) >= 11 is 0. The van der Waals surface area contributed by atoms with Crippen molar-refractivity contribution in [2.24, 2.45) is 0 Å². The van der Waals surface area contributed by atoms with Crippen LogP contribution in [-0.4, -0.2) is 55.1 Å². The van der Waals surface area contributed by atoms with E-state index in [1.165, 1.54) is 36.9 Å². The van der Waals surface area contributed by atoms with Crippen LogP contribution in [0.15, 0.2) is 42.7 Å². The second-order valence-electron chi connectivity index (χ2n) is 7.95. The molecule has 1 aromatic carbocycles. The van der Waals surface area contributed by atoms with E-state index in [0.717, 1.165) is 45.0 Å². The molecule has 0 radical (unpaired) electrons. The Morgan fingerprint density at radius 1 is 0.821 bits per heavy atom. The Morgan fingerprint density at radius 2 is 1.54 bits per heavy atom. The molecule has 1 amide bonds. The van der Waals surface area contributed by atoms with Gasteiger partial charge in [-0.05, 0) is 43.5 Å². The number of carbonyl (C=O) groups is 1. The molecule has 2 aromatic rings. The van der Waals surface area contributed by atoms with Gasteiger partial charge in [0, 0.05) is 51.2 Å². The van der Waals surface area contributed by atoms with Crippen LogP contribution in [0.5, 0.6) is 0 Å². The maximum absolute atomic E-state index is 13.0. The third-order valence-corrected chi connectivity index (χ3v) is 5.88. The minimum Gasteiger partial charge on any atom is -0.370 e. The first-order valence-electron chi connectivity index (χ1n) is 10.5. The van der Waals surface area contributed by atoms with E-state index in [2.05, 4.69) is 46.0 Å². The van der Waals surface area contributed by atoms with Gasteiger partial charge in [0.05, 0.1) is 17.4 Å². The molecular formula is C23H30N4O. The third-order valence-electron chi connectivity index (χ3n) is 5.88. The van der Waals surface area contributed by atoms with Crippen LogP contribution in [0, 0.1) is 6.92 Å². The van der Waals surface area contributed by atoms with Crippen molar-refractivity contribution in [3.8, 4) is 0 Å². The van der Waals surface area contributed by atoms with E-state index in [9.17, 15) is 4.79 Å². The SMILES string of the molecule is Cc1cccc(N2CCN(C(=O)c3cncc(N4CCCCCC4)c3)CC2)c1. The molecule has 0 spiro atoms. The Bertz CT molecular complexity index is 806. The lowest BCUT2D eigenvalue weighted by Gasteiger charge is -2.36. The van der Waals surface area contributed by atoms with Crippen LogP contribution in [0.25, 0.3) is 0 Å². The summed E-state index contributed by atoms with van der Waals surface area (Å²) in [5, 5.41) is 0. The van der Waals surface area contributed by atoms with Crippen LogP contribution < -0.4 is 9.80 Å². The second-order valence-corrected chi connectivity index (χ2v) is 7.95. The molecule has 2 saturated heterocycles. The van der Waals surface area contributed by atoms with E-state index in [-0.39, 0.29) is 5.91 Å². The lowest BCUT2D eigenvalue weighted by atomic mass is 10.1. The Kier molecular flexibility index (Phi) is 5.79. The van der Waals surface area contributed by atoms with Crippen molar-refractivity contribution in [1.82, 2.24) is 9.88 Å². The van der Waals surface area contributed by atoms with Gasteiger partial charge >= 0.3 is 0 Å². The fourth-order valence-electron chi connectivity index (χ4n) is 4.22. The van der Waals surface area contributed by atoms with E-state index in [1.54, 1.807) is 6.20 Å². The molecule has 4 rings (SSSR count). The van der Waals surface area contributed by atoms with Crippen LogP contribution in [0.3, 0.4) is 0 Å². The van der Waals surface area contributed by atoms with Crippen molar-refractivity contribution >= 4 is 17.3 Å². The predicted octanol–water partition coefficient (Wildman–Crippen LogP) is 3.73. The Labute approximate surface area is 168 Å². The zero-order valence-electron chi connectivity index (χ0n) is 16.8. The van der Waals surface area contributed by atoms with Gasteiger partial charge in [-0.2, -0.15) is 0 Å². The molecule has 5 nitrogen and oxygen atoms in total. The fourth-order valence-corrected chi connectivity index (χ4v) is 4.22. The molecule has 0 saturated carbocycles. The molecule has 2 aliphatic heterocycles. The first-order chi connectivity index (χ1) is 13.7. The third kappa shape index (κ3) is 4.29. The number of piperazine rings is 1. The number of rotatable bonds is 3. The standard InChI is InChI=1S/C23H30N4O/c1-19-7-6-8-21(15-19)26-11-13-27(14-12-26)23(28)20-16-22(18-24-17-20)25-9-4-2-3-5-10-25/h6-8,15-18H,2-5,9-14H2,1H3. The van der Waals surface area contributed by atoms with Gasteiger partial charge in [-0.15, -0.1) is 0 Å². The summed E-state index contributed by atoms with van der Waals surface area (Å²) in [4.78, 5) is 24.1.